The summed E-state index contributed by atoms with van der Waals surface area (Å²) in [6, 6.07) is 79.2. The third-order valence-corrected chi connectivity index (χ3v) is 15.8. The molecule has 0 bridgehead atoms. The van der Waals surface area contributed by atoms with Gasteiger partial charge in [-0.1, -0.05) is 186 Å². The normalized spacial score (nSPS) is 11.3. The van der Waals surface area contributed by atoms with Crippen LogP contribution in [0.3, 0.4) is 0 Å². The Morgan fingerprint density at radius 3 is 1.45 bits per heavy atom. The van der Waals surface area contributed by atoms with Crippen molar-refractivity contribution in [3.8, 4) is 96.7 Å². The zero-order chi connectivity index (χ0) is 52.5. The number of rotatable bonds is 8. The first kappa shape index (κ1) is 47.0. The van der Waals surface area contributed by atoms with Gasteiger partial charge in [-0.2, -0.15) is 15.8 Å². The Morgan fingerprint density at radius 2 is 0.792 bits per heavy atom. The van der Waals surface area contributed by atoms with Crippen molar-refractivity contribution in [2.75, 3.05) is 0 Å². The Kier molecular flexibility index (Phi) is 11.5. The molecule has 7 nitrogen and oxygen atoms in total. The smallest absolute Gasteiger partial charge is 0.160 e. The van der Waals surface area contributed by atoms with Gasteiger partial charge in [-0.3, -0.25) is 9.13 Å². The van der Waals surface area contributed by atoms with Crippen LogP contribution in [0.25, 0.3) is 116 Å². The molecule has 13 aromatic rings. The number of hydrogen-bond donors (Lipinski definition) is 1. The van der Waals surface area contributed by atoms with E-state index in [9.17, 15) is 20.9 Å². The van der Waals surface area contributed by atoms with Crippen molar-refractivity contribution in [3.05, 3.63) is 250 Å². The first-order chi connectivity index (χ1) is 37.8. The molecule has 0 radical (unpaired) electrons. The van der Waals surface area contributed by atoms with Crippen molar-refractivity contribution in [1.29, 1.82) is 15.8 Å². The van der Waals surface area contributed by atoms with Crippen molar-refractivity contribution < 1.29 is 5.11 Å². The predicted molar refractivity (Wildman–Crippen MR) is 312 cm³/mol. The zero-order valence-corrected chi connectivity index (χ0v) is 42.8. The second-order valence-electron chi connectivity index (χ2n) is 18.7. The fraction of sp³-hybridized carbons (Fsp3) is 0. The predicted octanol–water partition coefficient (Wildman–Crippen LogP) is 18.3. The lowest BCUT2D eigenvalue weighted by atomic mass is 9.83. The summed E-state index contributed by atoms with van der Waals surface area (Å²) in [4.78, 5) is 0. The van der Waals surface area contributed by atoms with Crippen molar-refractivity contribution >= 4 is 78.4 Å². The molecule has 0 spiro atoms. The zero-order valence-electron chi connectivity index (χ0n) is 40.5. The average Bonchev–Trinajstić information content (AvgIpc) is 4.22. The minimum Gasteiger partial charge on any atom is -0.504 e. The van der Waals surface area contributed by atoms with Crippen molar-refractivity contribution in [2.45, 2.75) is 0 Å². The lowest BCUT2D eigenvalue weighted by Gasteiger charge is -2.21. The van der Waals surface area contributed by atoms with Crippen LogP contribution < -0.4 is 0 Å². The lowest BCUT2D eigenvalue weighted by Crippen LogP contribution is -2.08. The largest absolute Gasteiger partial charge is 0.504 e. The van der Waals surface area contributed by atoms with Crippen LogP contribution in [-0.4, -0.2) is 18.8 Å². The molecule has 0 aliphatic rings. The minimum absolute atomic E-state index is 0.0266. The molecule has 0 fully saturated rings. The Labute approximate surface area is 457 Å². The quantitative estimate of drug-likeness (QED) is 0.164. The summed E-state index contributed by atoms with van der Waals surface area (Å²) in [5.74, 6) is 0.0266. The molecule has 0 saturated carbocycles. The number of aromatic nitrogens is 3. The Balaban J connectivity index is 0.891. The summed E-state index contributed by atoms with van der Waals surface area (Å²) >= 11 is 20.8. The molecule has 3 aromatic heterocycles. The van der Waals surface area contributed by atoms with Crippen LogP contribution >= 0.6 is 34.8 Å². The van der Waals surface area contributed by atoms with E-state index in [4.69, 9.17) is 34.8 Å². The standard InChI is InChI=1S/C67H37Cl3N6O/c68-63-51-22-8-10-24-58(51)76(66(63)69)64-55(38-72)61(42-15-5-2-6-16-42)54(37-71)62(56(64)39-73)47-19-11-17-43(33-47)41-25-29-48(30-26-41)74-57-23-9-7-21-50(57)52-35-45(27-31-59(52)74)46-28-32-60-53(36-46)65(77)67(70)75(60)49-20-12-18-44(34-49)40-13-3-1-4-14-40/h1-36,77H. The summed E-state index contributed by atoms with van der Waals surface area (Å²) in [5, 5.41) is 48.9. The highest BCUT2D eigenvalue weighted by Crippen LogP contribution is 2.47. The van der Waals surface area contributed by atoms with Gasteiger partial charge in [0.15, 0.2) is 10.9 Å². The number of hydrogen-bond acceptors (Lipinski definition) is 4. The first-order valence-electron chi connectivity index (χ1n) is 24.6. The summed E-state index contributed by atoms with van der Waals surface area (Å²) in [7, 11) is 0. The lowest BCUT2D eigenvalue weighted by molar-refractivity contribution is 0.481. The second-order valence-corrected chi connectivity index (χ2v) is 19.8. The van der Waals surface area contributed by atoms with E-state index in [0.29, 0.717) is 38.5 Å². The molecule has 0 saturated heterocycles. The molecule has 13 rings (SSSR count). The molecule has 0 amide bonds. The minimum atomic E-state index is 0.0266. The van der Waals surface area contributed by atoms with Crippen LogP contribution in [0.2, 0.25) is 15.3 Å². The Morgan fingerprint density at radius 1 is 0.325 bits per heavy atom. The van der Waals surface area contributed by atoms with Gasteiger partial charge in [0.2, 0.25) is 0 Å². The number of halogens is 3. The van der Waals surface area contributed by atoms with E-state index in [1.165, 1.54) is 0 Å². The van der Waals surface area contributed by atoms with Gasteiger partial charge in [0.25, 0.3) is 0 Å². The molecular weight excluding hydrogens is 1010 g/mol. The molecule has 0 unspecified atom stereocenters. The second kappa shape index (κ2) is 18.9. The van der Waals surface area contributed by atoms with Gasteiger partial charge < -0.3 is 9.67 Å². The van der Waals surface area contributed by atoms with Crippen LogP contribution in [0.5, 0.6) is 5.75 Å². The molecule has 0 atom stereocenters. The number of nitrogens with zero attached hydrogens (tertiary/aromatic N) is 6. The van der Waals surface area contributed by atoms with Gasteiger partial charge in [0.1, 0.15) is 23.4 Å². The van der Waals surface area contributed by atoms with Gasteiger partial charge in [-0.15, -0.1) is 0 Å². The van der Waals surface area contributed by atoms with Gasteiger partial charge in [0, 0.05) is 44.0 Å². The SMILES string of the molecule is N#Cc1c(-c2ccccc2)c(C#N)c(-n2c(Cl)c(Cl)c3ccccc32)c(C#N)c1-c1cccc(-c2ccc(-n3c4ccccc4c4cc(-c5ccc6c(c5)c(O)c(Cl)n6-c5cccc(-c6ccccc6)c5)ccc43)cc2)c1. The molecule has 10 aromatic carbocycles. The maximum Gasteiger partial charge on any atom is 0.160 e. The summed E-state index contributed by atoms with van der Waals surface area (Å²) in [6.45, 7) is 0. The maximum absolute atomic E-state index is 11.5. The van der Waals surface area contributed by atoms with Crippen LogP contribution in [0.1, 0.15) is 16.7 Å². The third-order valence-electron chi connectivity index (χ3n) is 14.6. The van der Waals surface area contributed by atoms with E-state index in [2.05, 4.69) is 114 Å². The number of nitriles is 3. The van der Waals surface area contributed by atoms with E-state index in [1.54, 1.807) is 4.57 Å². The van der Waals surface area contributed by atoms with E-state index in [1.807, 2.05) is 132 Å². The fourth-order valence-corrected chi connectivity index (χ4v) is 11.9. The number of benzene rings is 10. The monoisotopic (exact) mass is 1050 g/mol. The topological polar surface area (TPSA) is 106 Å². The Bertz CT molecular complexity index is 4700. The van der Waals surface area contributed by atoms with Crippen molar-refractivity contribution in [3.63, 3.8) is 0 Å². The number of para-hydroxylation sites is 2. The molecule has 362 valence electrons. The number of aromatic hydroxyl groups is 1. The molecule has 0 aliphatic carbocycles. The van der Waals surface area contributed by atoms with Gasteiger partial charge in [-0.05, 0) is 111 Å². The van der Waals surface area contributed by atoms with E-state index in [-0.39, 0.29) is 43.5 Å². The third kappa shape index (κ3) is 7.55. The van der Waals surface area contributed by atoms with Crippen LogP contribution in [0.15, 0.2) is 218 Å². The Hall–Kier alpha value is -9.78. The molecule has 1 N–H and O–H groups in total. The average molecular weight is 1050 g/mol. The van der Waals surface area contributed by atoms with Crippen LogP contribution in [0.4, 0.5) is 0 Å². The highest BCUT2D eigenvalue weighted by atomic mass is 35.5. The van der Waals surface area contributed by atoms with Crippen LogP contribution in [0, 0.1) is 34.0 Å². The van der Waals surface area contributed by atoms with Crippen molar-refractivity contribution in [2.24, 2.45) is 0 Å². The molecule has 0 aliphatic heterocycles. The van der Waals surface area contributed by atoms with E-state index >= 15 is 0 Å². The molecule has 10 heteroatoms. The molecule has 77 heavy (non-hydrogen) atoms. The molecular formula is C67H37Cl3N6O. The summed E-state index contributed by atoms with van der Waals surface area (Å²) in [5.41, 5.74) is 13.8. The van der Waals surface area contributed by atoms with E-state index in [0.717, 1.165) is 72.1 Å². The van der Waals surface area contributed by atoms with Gasteiger partial charge in [-0.25, -0.2) is 0 Å². The summed E-state index contributed by atoms with van der Waals surface area (Å²) in [6.07, 6.45) is 0. The van der Waals surface area contributed by atoms with E-state index < -0.39 is 0 Å². The van der Waals surface area contributed by atoms with Crippen molar-refractivity contribution in [1.82, 2.24) is 13.7 Å². The summed E-state index contributed by atoms with van der Waals surface area (Å²) < 4.78 is 5.80. The number of fused-ring (bicyclic) bond motifs is 5. The maximum atomic E-state index is 11.5. The first-order valence-corrected chi connectivity index (χ1v) is 25.8. The van der Waals surface area contributed by atoms with Crippen LogP contribution in [-0.2, 0) is 0 Å². The molecule has 3 heterocycles. The van der Waals surface area contributed by atoms with Gasteiger partial charge in [0.05, 0.1) is 49.5 Å². The highest BCUT2D eigenvalue weighted by molar-refractivity contribution is 6.45. The fourth-order valence-electron chi connectivity index (χ4n) is 11.1. The van der Waals surface area contributed by atoms with Gasteiger partial charge >= 0.3 is 0 Å². The highest BCUT2D eigenvalue weighted by Gasteiger charge is 2.30.